The van der Waals surface area contributed by atoms with Gasteiger partial charge in [-0.2, -0.15) is 5.10 Å². The largest absolute Gasteiger partial charge is 0.461 e. The topological polar surface area (TPSA) is 70.1 Å². The number of nitrogens with zero attached hydrogens (tertiary/aromatic N) is 2. The van der Waals surface area contributed by atoms with E-state index < -0.39 is 0 Å². The van der Waals surface area contributed by atoms with E-state index in [4.69, 9.17) is 10.5 Å². The number of aromatic nitrogens is 2. The van der Waals surface area contributed by atoms with E-state index in [1.807, 2.05) is 0 Å². The predicted octanol–water partition coefficient (Wildman–Crippen LogP) is 0.171. The molecule has 1 aliphatic carbocycles. The maximum atomic E-state index is 11.1. The second kappa shape index (κ2) is 3.08. The first-order valence-corrected chi connectivity index (χ1v) is 4.21. The molecule has 0 atom stereocenters. The van der Waals surface area contributed by atoms with E-state index in [0.717, 1.165) is 12.8 Å². The van der Waals surface area contributed by atoms with Gasteiger partial charge in [-0.3, -0.25) is 9.48 Å². The maximum Gasteiger partial charge on any atom is 0.328 e. The molecule has 1 aromatic heterocycles. The van der Waals surface area contributed by atoms with Gasteiger partial charge in [0.2, 0.25) is 0 Å². The van der Waals surface area contributed by atoms with Crippen molar-refractivity contribution in [2.45, 2.75) is 25.5 Å². The third-order valence-corrected chi connectivity index (χ3v) is 1.77. The highest BCUT2D eigenvalue weighted by Crippen LogP contribution is 2.23. The van der Waals surface area contributed by atoms with Crippen molar-refractivity contribution in [2.24, 2.45) is 0 Å². The molecule has 0 bridgehead atoms. The van der Waals surface area contributed by atoms with Gasteiger partial charge in [-0.1, -0.05) is 0 Å². The quantitative estimate of drug-likeness (QED) is 0.675. The van der Waals surface area contributed by atoms with Crippen molar-refractivity contribution in [1.82, 2.24) is 9.78 Å². The molecular formula is C8H11N3O2. The van der Waals surface area contributed by atoms with Gasteiger partial charge in [-0.15, -0.1) is 0 Å². The third-order valence-electron chi connectivity index (χ3n) is 1.77. The van der Waals surface area contributed by atoms with Crippen molar-refractivity contribution in [2.75, 3.05) is 5.73 Å². The van der Waals surface area contributed by atoms with Gasteiger partial charge >= 0.3 is 5.97 Å². The number of carbonyl (C=O) groups is 1. The Kier molecular flexibility index (Phi) is 1.92. The Morgan fingerprint density at radius 3 is 3.08 bits per heavy atom. The van der Waals surface area contributed by atoms with Crippen LogP contribution in [0, 0.1) is 0 Å². The SMILES string of the molecule is Nc1cnn(CC(=O)OC2CC2)c1. The minimum Gasteiger partial charge on any atom is -0.461 e. The Bertz CT molecular complexity index is 317. The lowest BCUT2D eigenvalue weighted by Gasteiger charge is -2.01. The van der Waals surface area contributed by atoms with Crippen LogP contribution in [-0.4, -0.2) is 21.9 Å². The highest BCUT2D eigenvalue weighted by atomic mass is 16.5. The Morgan fingerprint density at radius 2 is 2.54 bits per heavy atom. The second-order valence-electron chi connectivity index (χ2n) is 3.16. The first kappa shape index (κ1) is 8.10. The van der Waals surface area contributed by atoms with Crippen LogP contribution in [0.15, 0.2) is 12.4 Å². The number of rotatable bonds is 3. The molecule has 0 radical (unpaired) electrons. The summed E-state index contributed by atoms with van der Waals surface area (Å²) in [5, 5.41) is 3.87. The fourth-order valence-corrected chi connectivity index (χ4v) is 1.01. The summed E-state index contributed by atoms with van der Waals surface area (Å²) in [7, 11) is 0. The molecule has 0 aliphatic heterocycles. The summed E-state index contributed by atoms with van der Waals surface area (Å²) in [5.41, 5.74) is 5.99. The number of carbonyl (C=O) groups excluding carboxylic acids is 1. The first-order valence-electron chi connectivity index (χ1n) is 4.21. The van der Waals surface area contributed by atoms with Gasteiger partial charge < -0.3 is 10.5 Å². The van der Waals surface area contributed by atoms with E-state index >= 15 is 0 Å². The van der Waals surface area contributed by atoms with Crippen molar-refractivity contribution in [3.8, 4) is 0 Å². The number of hydrogen-bond acceptors (Lipinski definition) is 4. The molecule has 1 aromatic rings. The van der Waals surface area contributed by atoms with Crippen molar-refractivity contribution in [1.29, 1.82) is 0 Å². The Hall–Kier alpha value is -1.52. The highest BCUT2D eigenvalue weighted by molar-refractivity contribution is 5.69. The van der Waals surface area contributed by atoms with E-state index in [1.54, 1.807) is 6.20 Å². The summed E-state index contributed by atoms with van der Waals surface area (Å²) in [6, 6.07) is 0. The van der Waals surface area contributed by atoms with E-state index in [2.05, 4.69) is 5.10 Å². The van der Waals surface area contributed by atoms with E-state index in [-0.39, 0.29) is 18.6 Å². The van der Waals surface area contributed by atoms with Crippen LogP contribution < -0.4 is 5.73 Å². The summed E-state index contributed by atoms with van der Waals surface area (Å²) >= 11 is 0. The molecule has 0 amide bonds. The number of hydrogen-bond donors (Lipinski definition) is 1. The number of nitrogen functional groups attached to an aromatic ring is 1. The summed E-state index contributed by atoms with van der Waals surface area (Å²) in [5.74, 6) is -0.245. The summed E-state index contributed by atoms with van der Waals surface area (Å²) < 4.78 is 6.51. The Labute approximate surface area is 75.5 Å². The van der Waals surface area contributed by atoms with Crippen LogP contribution in [-0.2, 0) is 16.1 Å². The summed E-state index contributed by atoms with van der Waals surface area (Å²) in [6.07, 6.45) is 5.25. The lowest BCUT2D eigenvalue weighted by atomic mass is 10.6. The van der Waals surface area contributed by atoms with E-state index in [1.165, 1.54) is 10.9 Å². The lowest BCUT2D eigenvalue weighted by molar-refractivity contribution is -0.145. The van der Waals surface area contributed by atoms with Gasteiger partial charge in [0, 0.05) is 6.20 Å². The molecule has 1 aliphatic rings. The molecule has 0 aromatic carbocycles. The van der Waals surface area contributed by atoms with Gasteiger partial charge in [-0.05, 0) is 12.8 Å². The van der Waals surface area contributed by atoms with E-state index in [9.17, 15) is 4.79 Å². The third kappa shape index (κ3) is 2.21. The molecule has 0 spiro atoms. The molecule has 1 heterocycles. The Morgan fingerprint density at radius 1 is 1.77 bits per heavy atom. The molecule has 70 valence electrons. The van der Waals surface area contributed by atoms with Gasteiger partial charge in [0.25, 0.3) is 0 Å². The molecular weight excluding hydrogens is 170 g/mol. The minimum atomic E-state index is -0.245. The lowest BCUT2D eigenvalue weighted by Crippen LogP contribution is -2.14. The fourth-order valence-electron chi connectivity index (χ4n) is 1.01. The second-order valence-corrected chi connectivity index (χ2v) is 3.16. The fraction of sp³-hybridized carbons (Fsp3) is 0.500. The maximum absolute atomic E-state index is 11.1. The van der Waals surface area contributed by atoms with Gasteiger partial charge in [0.15, 0.2) is 0 Å². The van der Waals surface area contributed by atoms with Crippen molar-refractivity contribution in [3.05, 3.63) is 12.4 Å². The molecule has 5 heteroatoms. The van der Waals surface area contributed by atoms with Crippen LogP contribution in [0.5, 0.6) is 0 Å². The number of anilines is 1. The van der Waals surface area contributed by atoms with Crippen molar-refractivity contribution >= 4 is 11.7 Å². The summed E-state index contributed by atoms with van der Waals surface area (Å²) in [4.78, 5) is 11.1. The predicted molar refractivity (Wildman–Crippen MR) is 45.8 cm³/mol. The molecule has 5 nitrogen and oxygen atoms in total. The zero-order valence-electron chi connectivity index (χ0n) is 7.14. The number of esters is 1. The zero-order valence-corrected chi connectivity index (χ0v) is 7.14. The average molecular weight is 181 g/mol. The molecule has 2 N–H and O–H groups in total. The van der Waals surface area contributed by atoms with Crippen LogP contribution in [0.3, 0.4) is 0 Å². The van der Waals surface area contributed by atoms with Crippen molar-refractivity contribution < 1.29 is 9.53 Å². The zero-order chi connectivity index (χ0) is 9.26. The molecule has 0 saturated heterocycles. The molecule has 2 rings (SSSR count). The van der Waals surface area contributed by atoms with Crippen LogP contribution in [0.4, 0.5) is 5.69 Å². The monoisotopic (exact) mass is 181 g/mol. The smallest absolute Gasteiger partial charge is 0.328 e. The van der Waals surface area contributed by atoms with E-state index in [0.29, 0.717) is 5.69 Å². The normalized spacial score (nSPS) is 15.7. The van der Waals surface area contributed by atoms with Gasteiger partial charge in [0.05, 0.1) is 11.9 Å². The molecule has 0 unspecified atom stereocenters. The van der Waals surface area contributed by atoms with Gasteiger partial charge in [0.1, 0.15) is 12.6 Å². The van der Waals surface area contributed by atoms with Crippen LogP contribution >= 0.6 is 0 Å². The standard InChI is InChI=1S/C8H11N3O2/c9-6-3-10-11(4-6)5-8(12)13-7-1-2-7/h3-4,7H,1-2,5,9H2. The van der Waals surface area contributed by atoms with Gasteiger partial charge in [-0.25, -0.2) is 0 Å². The Balaban J connectivity index is 1.85. The first-order chi connectivity index (χ1) is 6.24. The average Bonchev–Trinajstić information content (AvgIpc) is 2.76. The van der Waals surface area contributed by atoms with Crippen LogP contribution in [0.25, 0.3) is 0 Å². The summed E-state index contributed by atoms with van der Waals surface area (Å²) in [6.45, 7) is 0.147. The van der Waals surface area contributed by atoms with Crippen LogP contribution in [0.2, 0.25) is 0 Å². The van der Waals surface area contributed by atoms with Crippen molar-refractivity contribution in [3.63, 3.8) is 0 Å². The molecule has 1 fully saturated rings. The molecule has 1 saturated carbocycles. The van der Waals surface area contributed by atoms with Crippen LogP contribution in [0.1, 0.15) is 12.8 Å². The number of ether oxygens (including phenoxy) is 1. The number of nitrogens with two attached hydrogens (primary N) is 1. The minimum absolute atomic E-state index is 0.147. The highest BCUT2D eigenvalue weighted by Gasteiger charge is 2.25. The molecule has 13 heavy (non-hydrogen) atoms.